The van der Waals surface area contributed by atoms with Crippen molar-refractivity contribution in [3.8, 4) is 0 Å². The van der Waals surface area contributed by atoms with Crippen molar-refractivity contribution in [2.45, 2.75) is 11.2 Å². The number of thioether (sulfide) groups is 1. The third-order valence-electron chi connectivity index (χ3n) is 1.59. The summed E-state index contributed by atoms with van der Waals surface area (Å²) in [4.78, 5) is 3.80. The minimum Gasteiger partial charge on any atom is -0.394 e. The van der Waals surface area contributed by atoms with Gasteiger partial charge < -0.3 is 10.8 Å². The Kier molecular flexibility index (Phi) is 3.67. The number of thiocarbonyl (C=S) groups is 1. The van der Waals surface area contributed by atoms with Gasteiger partial charge in [-0.1, -0.05) is 24.0 Å². The first-order valence-electron chi connectivity index (χ1n) is 3.72. The van der Waals surface area contributed by atoms with E-state index in [-0.39, 0.29) is 17.5 Å². The van der Waals surface area contributed by atoms with E-state index in [2.05, 4.69) is 22.3 Å². The molecule has 1 aromatic heterocycles. The average Bonchev–Trinajstić information content (AvgIpc) is 2.48. The van der Waals surface area contributed by atoms with E-state index in [4.69, 9.17) is 16.6 Å². The number of rotatable bonds is 4. The Balaban J connectivity index is 3.03. The van der Waals surface area contributed by atoms with Crippen molar-refractivity contribution in [3.63, 3.8) is 0 Å². The lowest BCUT2D eigenvalue weighted by molar-refractivity contribution is 0.255. The number of nitrogen functional groups attached to an aromatic ring is 1. The number of hydrogen-bond acceptors (Lipinski definition) is 6. The number of anilines is 1. The van der Waals surface area contributed by atoms with Gasteiger partial charge in [0.25, 0.3) is 0 Å². The maximum absolute atomic E-state index is 9.00. The highest BCUT2D eigenvalue weighted by atomic mass is 32.2. The van der Waals surface area contributed by atoms with E-state index < -0.39 is 6.04 Å². The number of aliphatic hydroxyl groups excluding tert-OH is 1. The summed E-state index contributed by atoms with van der Waals surface area (Å²) in [5.74, 6) is 0.156. The second kappa shape index (κ2) is 4.58. The summed E-state index contributed by atoms with van der Waals surface area (Å²) in [7, 11) is 0. The molecule has 0 aromatic carbocycles. The lowest BCUT2D eigenvalue weighted by Gasteiger charge is -2.12. The number of nitrogens with zero attached hydrogens (tertiary/aromatic N) is 3. The topological polar surface area (TPSA) is 101 Å². The van der Waals surface area contributed by atoms with Crippen molar-refractivity contribution >= 4 is 34.9 Å². The molecule has 77 valence electrons. The molecule has 6 nitrogen and oxygen atoms in total. The van der Waals surface area contributed by atoms with Crippen LogP contribution in [0.2, 0.25) is 0 Å². The molecule has 0 amide bonds. The van der Waals surface area contributed by atoms with Gasteiger partial charge in [0.05, 0.1) is 6.61 Å². The van der Waals surface area contributed by atoms with Gasteiger partial charge in [0.15, 0.2) is 0 Å². The Hall–Kier alpha value is -0.860. The van der Waals surface area contributed by atoms with Crippen LogP contribution in [-0.2, 0) is 0 Å². The van der Waals surface area contributed by atoms with Gasteiger partial charge in [-0.15, -0.1) is 5.10 Å². The fourth-order valence-corrected chi connectivity index (χ4v) is 1.43. The fraction of sp³-hybridized carbons (Fsp3) is 0.500. The zero-order valence-corrected chi connectivity index (χ0v) is 9.10. The SMILES string of the molecule is CSc1nc(N)n(C(CO)C([NH])=S)n1. The van der Waals surface area contributed by atoms with E-state index in [1.54, 1.807) is 0 Å². The molecular formula is C6H10N5OS2. The summed E-state index contributed by atoms with van der Waals surface area (Å²) in [6, 6.07) is -0.696. The molecule has 0 aliphatic heterocycles. The summed E-state index contributed by atoms with van der Waals surface area (Å²) in [5, 5.41) is 13.5. The minimum atomic E-state index is -0.696. The highest BCUT2D eigenvalue weighted by Crippen LogP contribution is 2.16. The molecule has 4 N–H and O–H groups in total. The molecule has 1 aromatic rings. The van der Waals surface area contributed by atoms with Crippen LogP contribution in [0.15, 0.2) is 5.16 Å². The number of aromatic nitrogens is 3. The third kappa shape index (κ3) is 2.14. The van der Waals surface area contributed by atoms with Crippen molar-refractivity contribution < 1.29 is 5.11 Å². The van der Waals surface area contributed by atoms with Crippen LogP contribution in [0, 0.1) is 0 Å². The van der Waals surface area contributed by atoms with Crippen molar-refractivity contribution in [3.05, 3.63) is 0 Å². The molecule has 0 spiro atoms. The van der Waals surface area contributed by atoms with Gasteiger partial charge in [0.1, 0.15) is 11.0 Å². The van der Waals surface area contributed by atoms with Crippen LogP contribution >= 0.6 is 24.0 Å². The Morgan fingerprint density at radius 2 is 2.50 bits per heavy atom. The maximum atomic E-state index is 9.00. The highest BCUT2D eigenvalue weighted by molar-refractivity contribution is 7.98. The average molecular weight is 232 g/mol. The van der Waals surface area contributed by atoms with Crippen molar-refractivity contribution in [2.24, 2.45) is 0 Å². The molecule has 1 rings (SSSR count). The van der Waals surface area contributed by atoms with Gasteiger partial charge in [0, 0.05) is 0 Å². The van der Waals surface area contributed by atoms with Crippen LogP contribution in [-0.4, -0.2) is 37.7 Å². The molecule has 1 heterocycles. The molecular weight excluding hydrogens is 222 g/mol. The van der Waals surface area contributed by atoms with Gasteiger partial charge in [0.2, 0.25) is 11.1 Å². The van der Waals surface area contributed by atoms with E-state index in [1.807, 2.05) is 6.26 Å². The highest BCUT2D eigenvalue weighted by Gasteiger charge is 2.18. The minimum absolute atomic E-state index is 0.114. The van der Waals surface area contributed by atoms with Crippen molar-refractivity contribution in [2.75, 3.05) is 18.6 Å². The summed E-state index contributed by atoms with van der Waals surface area (Å²) >= 11 is 5.99. The predicted octanol–water partition coefficient (Wildman–Crippen LogP) is -0.274. The molecule has 0 saturated carbocycles. The molecule has 1 radical (unpaired) electrons. The van der Waals surface area contributed by atoms with Crippen LogP contribution in [0.4, 0.5) is 5.95 Å². The second-order valence-electron chi connectivity index (χ2n) is 2.46. The zero-order chi connectivity index (χ0) is 10.7. The summed E-state index contributed by atoms with van der Waals surface area (Å²) in [5.41, 5.74) is 12.8. The number of aliphatic hydroxyl groups is 1. The molecule has 0 aliphatic rings. The molecule has 1 atom stereocenters. The Morgan fingerprint density at radius 1 is 1.86 bits per heavy atom. The predicted molar refractivity (Wildman–Crippen MR) is 58.0 cm³/mol. The molecule has 8 heteroatoms. The van der Waals surface area contributed by atoms with Gasteiger partial charge >= 0.3 is 0 Å². The Bertz CT molecular complexity index is 339. The molecule has 0 saturated heterocycles. The monoisotopic (exact) mass is 232 g/mol. The largest absolute Gasteiger partial charge is 0.394 e. The van der Waals surface area contributed by atoms with Crippen molar-refractivity contribution in [1.29, 1.82) is 0 Å². The fourth-order valence-electron chi connectivity index (χ4n) is 0.902. The molecule has 0 aliphatic carbocycles. The first-order valence-corrected chi connectivity index (χ1v) is 5.35. The van der Waals surface area contributed by atoms with E-state index >= 15 is 0 Å². The van der Waals surface area contributed by atoms with Gasteiger partial charge in [-0.2, -0.15) is 4.98 Å². The lowest BCUT2D eigenvalue weighted by Crippen LogP contribution is -2.24. The van der Waals surface area contributed by atoms with E-state index in [1.165, 1.54) is 16.4 Å². The second-order valence-corrected chi connectivity index (χ2v) is 3.68. The molecule has 0 bridgehead atoms. The third-order valence-corrected chi connectivity index (χ3v) is 2.40. The molecule has 0 fully saturated rings. The standard InChI is InChI=1S/C6H10N5OS2/c1-14-6-9-5(8)11(10-6)3(2-12)4(7)13/h3,7,12H,2H2,1H3,(H2,8,9,10). The van der Waals surface area contributed by atoms with Gasteiger partial charge in [-0.05, 0) is 6.26 Å². The summed E-state index contributed by atoms with van der Waals surface area (Å²) < 4.78 is 1.27. The zero-order valence-electron chi connectivity index (χ0n) is 7.47. The number of nitrogens with two attached hydrogens (primary N) is 1. The lowest BCUT2D eigenvalue weighted by atomic mass is 10.3. The first-order chi connectivity index (χ1) is 6.60. The normalized spacial score (nSPS) is 12.7. The van der Waals surface area contributed by atoms with Gasteiger partial charge in [-0.25, -0.2) is 4.68 Å². The van der Waals surface area contributed by atoms with E-state index in [9.17, 15) is 0 Å². The maximum Gasteiger partial charge on any atom is 0.220 e. The Labute approximate surface area is 90.7 Å². The number of nitrogens with one attached hydrogen (secondary N) is 1. The van der Waals surface area contributed by atoms with Crippen LogP contribution in [0.1, 0.15) is 6.04 Å². The van der Waals surface area contributed by atoms with Crippen LogP contribution in [0.3, 0.4) is 0 Å². The number of hydrogen-bond donors (Lipinski definition) is 2. The van der Waals surface area contributed by atoms with E-state index in [0.29, 0.717) is 5.16 Å². The summed E-state index contributed by atoms with van der Waals surface area (Å²) in [6.45, 7) is -0.302. The van der Waals surface area contributed by atoms with Crippen LogP contribution in [0.5, 0.6) is 0 Å². The van der Waals surface area contributed by atoms with Crippen LogP contribution in [0.25, 0.3) is 0 Å². The van der Waals surface area contributed by atoms with Gasteiger partial charge in [-0.3, -0.25) is 5.73 Å². The smallest absolute Gasteiger partial charge is 0.220 e. The Morgan fingerprint density at radius 3 is 2.86 bits per heavy atom. The first kappa shape index (κ1) is 11.2. The summed E-state index contributed by atoms with van der Waals surface area (Å²) in [6.07, 6.45) is 1.81. The molecule has 14 heavy (non-hydrogen) atoms. The van der Waals surface area contributed by atoms with Crippen LogP contribution < -0.4 is 11.5 Å². The quantitative estimate of drug-likeness (QED) is 0.547. The molecule has 1 unspecified atom stereocenters. The van der Waals surface area contributed by atoms with E-state index in [0.717, 1.165) is 0 Å². The van der Waals surface area contributed by atoms with Crippen molar-refractivity contribution in [1.82, 2.24) is 20.5 Å².